The molecule has 0 fully saturated rings. The summed E-state index contributed by atoms with van der Waals surface area (Å²) in [7, 11) is 3.21. The summed E-state index contributed by atoms with van der Waals surface area (Å²) in [6, 6.07) is 12.6. The lowest BCUT2D eigenvalue weighted by Crippen LogP contribution is -2.29. The van der Waals surface area contributed by atoms with Crippen LogP contribution in [0.1, 0.15) is 36.9 Å². The second-order valence-electron chi connectivity index (χ2n) is 6.15. The summed E-state index contributed by atoms with van der Waals surface area (Å²) in [5, 5.41) is 2.82. The van der Waals surface area contributed by atoms with E-state index in [-0.39, 0.29) is 18.6 Å². The molecule has 1 atom stereocenters. The Kier molecular flexibility index (Phi) is 7.95. The summed E-state index contributed by atoms with van der Waals surface area (Å²) < 4.78 is 16.2. The van der Waals surface area contributed by atoms with Gasteiger partial charge in [0, 0.05) is 18.2 Å². The van der Waals surface area contributed by atoms with Gasteiger partial charge in [0.2, 0.25) is 0 Å². The lowest BCUT2D eigenvalue weighted by molar-refractivity contribution is -0.123. The molecule has 2 aromatic rings. The van der Waals surface area contributed by atoms with E-state index in [0.717, 1.165) is 24.0 Å². The minimum atomic E-state index is -0.350. The topological polar surface area (TPSA) is 82.8 Å². The van der Waals surface area contributed by atoms with Crippen LogP contribution in [0.4, 0.5) is 0 Å². The minimum absolute atomic E-state index is 0.00141. The van der Waals surface area contributed by atoms with Crippen LogP contribution in [0, 0.1) is 0 Å². The molecule has 0 aliphatic carbocycles. The number of rotatable bonds is 10. The van der Waals surface area contributed by atoms with Crippen LogP contribution in [0.15, 0.2) is 42.5 Å². The first kappa shape index (κ1) is 20.6. The number of carbonyl (C=O) groups excluding carboxylic acids is 1. The largest absolute Gasteiger partial charge is 0.497 e. The van der Waals surface area contributed by atoms with Crippen LogP contribution in [-0.2, 0) is 4.79 Å². The van der Waals surface area contributed by atoms with Gasteiger partial charge in [-0.15, -0.1) is 0 Å². The van der Waals surface area contributed by atoms with Gasteiger partial charge in [0.15, 0.2) is 6.61 Å². The zero-order valence-corrected chi connectivity index (χ0v) is 16.2. The molecule has 0 bridgehead atoms. The Labute approximate surface area is 160 Å². The van der Waals surface area contributed by atoms with E-state index >= 15 is 0 Å². The van der Waals surface area contributed by atoms with Crippen LogP contribution in [0.5, 0.6) is 17.2 Å². The molecular weight excluding hydrogens is 344 g/mol. The molecule has 0 aliphatic rings. The fraction of sp³-hybridized carbons (Fsp3) is 0.381. The van der Waals surface area contributed by atoms with Crippen molar-refractivity contribution in [1.82, 2.24) is 5.32 Å². The number of carbonyl (C=O) groups is 1. The van der Waals surface area contributed by atoms with Gasteiger partial charge < -0.3 is 25.3 Å². The van der Waals surface area contributed by atoms with Crippen LogP contribution < -0.4 is 25.3 Å². The van der Waals surface area contributed by atoms with Crippen molar-refractivity contribution in [3.63, 3.8) is 0 Å². The SMILES string of the molecule is CCCCNC(=O)COc1ccc(C(N)c2ccc(OC)cc2OC)cc1. The molecule has 2 rings (SSSR count). The van der Waals surface area contributed by atoms with Crippen molar-refractivity contribution >= 4 is 5.91 Å². The van der Waals surface area contributed by atoms with Gasteiger partial charge in [-0.2, -0.15) is 0 Å². The molecule has 0 heterocycles. The summed E-state index contributed by atoms with van der Waals surface area (Å²) in [5.41, 5.74) is 8.18. The van der Waals surface area contributed by atoms with Gasteiger partial charge in [-0.3, -0.25) is 4.79 Å². The van der Waals surface area contributed by atoms with E-state index in [2.05, 4.69) is 12.2 Å². The highest BCUT2D eigenvalue weighted by atomic mass is 16.5. The molecular formula is C21H28N2O4. The van der Waals surface area contributed by atoms with Crippen molar-refractivity contribution in [3.05, 3.63) is 53.6 Å². The maximum absolute atomic E-state index is 11.7. The highest BCUT2D eigenvalue weighted by Crippen LogP contribution is 2.32. The molecule has 0 aromatic heterocycles. The molecule has 6 heteroatoms. The lowest BCUT2D eigenvalue weighted by atomic mass is 9.98. The van der Waals surface area contributed by atoms with Crippen molar-refractivity contribution in [2.45, 2.75) is 25.8 Å². The van der Waals surface area contributed by atoms with Gasteiger partial charge in [0.25, 0.3) is 5.91 Å². The highest BCUT2D eigenvalue weighted by Gasteiger charge is 2.15. The molecule has 3 N–H and O–H groups in total. The Bertz CT molecular complexity index is 731. The predicted octanol–water partition coefficient (Wildman–Crippen LogP) is 3.05. The number of hydrogen-bond donors (Lipinski definition) is 2. The Morgan fingerprint density at radius 3 is 2.41 bits per heavy atom. The summed E-state index contributed by atoms with van der Waals surface area (Å²) in [6.07, 6.45) is 2.01. The maximum Gasteiger partial charge on any atom is 0.257 e. The van der Waals surface area contributed by atoms with E-state index in [4.69, 9.17) is 19.9 Å². The summed E-state index contributed by atoms with van der Waals surface area (Å²) >= 11 is 0. The fourth-order valence-corrected chi connectivity index (χ4v) is 2.63. The Morgan fingerprint density at radius 1 is 1.07 bits per heavy atom. The van der Waals surface area contributed by atoms with Crippen molar-refractivity contribution in [3.8, 4) is 17.2 Å². The van der Waals surface area contributed by atoms with E-state index in [9.17, 15) is 4.79 Å². The van der Waals surface area contributed by atoms with E-state index < -0.39 is 0 Å². The maximum atomic E-state index is 11.7. The molecule has 146 valence electrons. The standard InChI is InChI=1S/C21H28N2O4/c1-4-5-12-23-20(24)14-27-16-8-6-15(7-9-16)21(22)18-11-10-17(25-2)13-19(18)26-3/h6-11,13,21H,4-5,12,14,22H2,1-3H3,(H,23,24). The van der Waals surface area contributed by atoms with E-state index in [1.807, 2.05) is 42.5 Å². The second-order valence-corrected chi connectivity index (χ2v) is 6.15. The molecule has 2 aromatic carbocycles. The number of unbranched alkanes of at least 4 members (excludes halogenated alkanes) is 1. The van der Waals surface area contributed by atoms with Gasteiger partial charge in [0.05, 0.1) is 20.3 Å². The first-order chi connectivity index (χ1) is 13.1. The van der Waals surface area contributed by atoms with Gasteiger partial charge in [-0.05, 0) is 36.2 Å². The van der Waals surface area contributed by atoms with Crippen LogP contribution in [-0.4, -0.2) is 33.3 Å². The van der Waals surface area contributed by atoms with Crippen LogP contribution in [0.3, 0.4) is 0 Å². The fourth-order valence-electron chi connectivity index (χ4n) is 2.63. The van der Waals surface area contributed by atoms with Crippen molar-refractivity contribution < 1.29 is 19.0 Å². The van der Waals surface area contributed by atoms with E-state index in [0.29, 0.717) is 23.8 Å². The highest BCUT2D eigenvalue weighted by molar-refractivity contribution is 5.77. The molecule has 0 radical (unpaired) electrons. The zero-order valence-electron chi connectivity index (χ0n) is 16.2. The molecule has 1 unspecified atom stereocenters. The number of methoxy groups -OCH3 is 2. The van der Waals surface area contributed by atoms with Gasteiger partial charge in [0.1, 0.15) is 17.2 Å². The Hall–Kier alpha value is -2.73. The first-order valence-electron chi connectivity index (χ1n) is 9.06. The van der Waals surface area contributed by atoms with Crippen molar-refractivity contribution in [1.29, 1.82) is 0 Å². The van der Waals surface area contributed by atoms with E-state index in [1.54, 1.807) is 14.2 Å². The third-order valence-corrected chi connectivity index (χ3v) is 4.24. The molecule has 6 nitrogen and oxygen atoms in total. The summed E-state index contributed by atoms with van der Waals surface area (Å²) in [5.74, 6) is 1.89. The van der Waals surface area contributed by atoms with E-state index in [1.165, 1.54) is 0 Å². The Morgan fingerprint density at radius 2 is 1.78 bits per heavy atom. The molecule has 0 saturated heterocycles. The molecule has 0 aliphatic heterocycles. The normalized spacial score (nSPS) is 11.6. The molecule has 0 saturated carbocycles. The molecule has 0 spiro atoms. The predicted molar refractivity (Wildman–Crippen MR) is 105 cm³/mol. The number of amides is 1. The zero-order chi connectivity index (χ0) is 19.6. The van der Waals surface area contributed by atoms with Crippen LogP contribution in [0.25, 0.3) is 0 Å². The summed E-state index contributed by atoms with van der Waals surface area (Å²) in [6.45, 7) is 2.76. The van der Waals surface area contributed by atoms with Crippen molar-refractivity contribution in [2.75, 3.05) is 27.4 Å². The first-order valence-corrected chi connectivity index (χ1v) is 9.06. The van der Waals surface area contributed by atoms with Crippen LogP contribution in [0.2, 0.25) is 0 Å². The number of ether oxygens (including phenoxy) is 3. The van der Waals surface area contributed by atoms with Crippen LogP contribution >= 0.6 is 0 Å². The monoisotopic (exact) mass is 372 g/mol. The second kappa shape index (κ2) is 10.4. The van der Waals surface area contributed by atoms with Crippen molar-refractivity contribution in [2.24, 2.45) is 5.73 Å². The molecule has 27 heavy (non-hydrogen) atoms. The number of nitrogens with two attached hydrogens (primary N) is 1. The third kappa shape index (κ3) is 5.89. The number of nitrogens with one attached hydrogen (secondary N) is 1. The van der Waals surface area contributed by atoms with Gasteiger partial charge in [-0.25, -0.2) is 0 Å². The number of benzene rings is 2. The smallest absolute Gasteiger partial charge is 0.257 e. The quantitative estimate of drug-likeness (QED) is 0.627. The Balaban J connectivity index is 1.99. The molecule has 1 amide bonds. The summed E-state index contributed by atoms with van der Waals surface area (Å²) in [4.78, 5) is 11.7. The minimum Gasteiger partial charge on any atom is -0.497 e. The average Bonchev–Trinajstić information content (AvgIpc) is 2.71. The third-order valence-electron chi connectivity index (χ3n) is 4.24. The number of hydrogen-bond acceptors (Lipinski definition) is 5. The van der Waals surface area contributed by atoms with Gasteiger partial charge in [-0.1, -0.05) is 25.5 Å². The average molecular weight is 372 g/mol. The lowest BCUT2D eigenvalue weighted by Gasteiger charge is -2.17. The van der Waals surface area contributed by atoms with Gasteiger partial charge >= 0.3 is 0 Å².